The minimum absolute atomic E-state index is 0.00377. The van der Waals surface area contributed by atoms with Gasteiger partial charge in [-0.05, 0) is 33.3 Å². The van der Waals surface area contributed by atoms with Crippen LogP contribution in [0.4, 0.5) is 15.3 Å². The number of rotatable bonds is 8. The van der Waals surface area contributed by atoms with E-state index in [-0.39, 0.29) is 30.4 Å². The first-order chi connectivity index (χ1) is 16.0. The number of hydrogen-bond donors (Lipinski definition) is 1. The molecule has 184 valence electrons. The van der Waals surface area contributed by atoms with Crippen LogP contribution in [0.5, 0.6) is 0 Å². The summed E-state index contributed by atoms with van der Waals surface area (Å²) in [6, 6.07) is 5.60. The third kappa shape index (κ3) is 7.22. The summed E-state index contributed by atoms with van der Waals surface area (Å²) in [5.74, 6) is -1.52. The number of nitro groups is 1. The van der Waals surface area contributed by atoms with Gasteiger partial charge in [-0.1, -0.05) is 12.1 Å². The van der Waals surface area contributed by atoms with Crippen LogP contribution in [0, 0.1) is 10.1 Å². The van der Waals surface area contributed by atoms with E-state index in [9.17, 15) is 24.5 Å². The second-order valence-corrected chi connectivity index (χ2v) is 7.45. The molecule has 12 nitrogen and oxygen atoms in total. The number of nitro benzene ring substituents is 1. The summed E-state index contributed by atoms with van der Waals surface area (Å²) in [5.41, 5.74) is 0.907. The zero-order valence-electron chi connectivity index (χ0n) is 19.4. The number of carbonyl (C=O) groups excluding carboxylic acids is 3. The van der Waals surface area contributed by atoms with Crippen molar-refractivity contribution in [3.05, 3.63) is 62.9 Å². The van der Waals surface area contributed by atoms with Crippen LogP contribution in [0.2, 0.25) is 0 Å². The lowest BCUT2D eigenvalue weighted by Crippen LogP contribution is -2.29. The second kappa shape index (κ2) is 11.7. The summed E-state index contributed by atoms with van der Waals surface area (Å²) in [4.78, 5) is 46.1. The Hall–Kier alpha value is -4.09. The number of carbonyl (C=O) groups is 3. The quantitative estimate of drug-likeness (QED) is 0.189. The summed E-state index contributed by atoms with van der Waals surface area (Å²) >= 11 is 0. The zero-order valence-corrected chi connectivity index (χ0v) is 19.4. The number of nitrogens with one attached hydrogen (secondary N) is 1. The Morgan fingerprint density at radius 2 is 1.62 bits per heavy atom. The fourth-order valence-corrected chi connectivity index (χ4v) is 3.08. The lowest BCUT2D eigenvalue weighted by Gasteiger charge is -2.30. The topological polar surface area (TPSA) is 153 Å². The maximum atomic E-state index is 12.3. The Morgan fingerprint density at radius 3 is 2.18 bits per heavy atom. The Kier molecular flexibility index (Phi) is 8.99. The van der Waals surface area contributed by atoms with Gasteiger partial charge < -0.3 is 29.0 Å². The number of allylic oxidation sites excluding steroid dienone is 2. The number of esters is 1. The zero-order chi connectivity index (χ0) is 25.4. The Labute approximate surface area is 195 Å². The van der Waals surface area contributed by atoms with Crippen molar-refractivity contribution in [3.8, 4) is 0 Å². The molecular formula is C22H26N2O10. The fourth-order valence-electron chi connectivity index (χ4n) is 3.08. The number of dihydropyridines is 1. The summed E-state index contributed by atoms with van der Waals surface area (Å²) in [6.45, 7) is 7.32. The van der Waals surface area contributed by atoms with E-state index in [4.69, 9.17) is 23.7 Å². The van der Waals surface area contributed by atoms with Crippen LogP contribution in [0.25, 0.3) is 0 Å². The van der Waals surface area contributed by atoms with E-state index in [1.807, 2.05) is 0 Å². The summed E-state index contributed by atoms with van der Waals surface area (Å²) < 4.78 is 25.5. The molecule has 0 saturated heterocycles. The number of non-ortho nitro benzene ring substituents is 1. The number of hydrogen-bond acceptors (Lipinski definition) is 11. The van der Waals surface area contributed by atoms with E-state index in [2.05, 4.69) is 5.32 Å². The lowest BCUT2D eigenvalue weighted by atomic mass is 9.90. The van der Waals surface area contributed by atoms with Crippen LogP contribution < -0.4 is 5.32 Å². The van der Waals surface area contributed by atoms with Crippen LogP contribution in [0.15, 0.2) is 47.2 Å². The van der Waals surface area contributed by atoms with E-state index in [1.54, 1.807) is 33.8 Å². The Morgan fingerprint density at radius 1 is 1.03 bits per heavy atom. The first-order valence-corrected chi connectivity index (χ1v) is 10.3. The molecule has 0 aliphatic carbocycles. The molecule has 0 aromatic heterocycles. The van der Waals surface area contributed by atoms with Crippen molar-refractivity contribution >= 4 is 24.0 Å². The van der Waals surface area contributed by atoms with Gasteiger partial charge in [-0.15, -0.1) is 0 Å². The molecule has 0 radical (unpaired) electrons. The van der Waals surface area contributed by atoms with Gasteiger partial charge in [0.2, 0.25) is 0 Å². The van der Waals surface area contributed by atoms with E-state index in [1.165, 1.54) is 25.1 Å². The SMILES string of the molecule is CC(=O)OCCOC(=O)OC1=C(C)NC(C)=C(OC(=O)OC(C)C)C1c1cccc([N+](=O)[O-])c1. The highest BCUT2D eigenvalue weighted by Crippen LogP contribution is 2.40. The largest absolute Gasteiger partial charge is 0.513 e. The number of ether oxygens (including phenoxy) is 5. The van der Waals surface area contributed by atoms with Gasteiger partial charge in [-0.2, -0.15) is 0 Å². The minimum Gasteiger partial charge on any atom is -0.462 e. The highest BCUT2D eigenvalue weighted by atomic mass is 16.7. The van der Waals surface area contributed by atoms with Crippen molar-refractivity contribution in [2.45, 2.75) is 46.6 Å². The van der Waals surface area contributed by atoms with Crippen molar-refractivity contribution in [1.29, 1.82) is 0 Å². The van der Waals surface area contributed by atoms with Crippen LogP contribution in [0.3, 0.4) is 0 Å². The van der Waals surface area contributed by atoms with Crippen molar-refractivity contribution in [2.24, 2.45) is 0 Å². The number of benzene rings is 1. The molecule has 1 aromatic carbocycles. The van der Waals surface area contributed by atoms with Crippen molar-refractivity contribution in [1.82, 2.24) is 5.32 Å². The average molecular weight is 478 g/mol. The van der Waals surface area contributed by atoms with Crippen LogP contribution >= 0.6 is 0 Å². The highest BCUT2D eigenvalue weighted by Gasteiger charge is 2.36. The van der Waals surface area contributed by atoms with E-state index in [0.717, 1.165) is 0 Å². The van der Waals surface area contributed by atoms with Crippen LogP contribution in [0.1, 0.15) is 46.1 Å². The minimum atomic E-state index is -1.11. The molecule has 1 aliphatic heterocycles. The molecule has 0 spiro atoms. The Balaban J connectivity index is 2.39. The van der Waals surface area contributed by atoms with Gasteiger partial charge in [-0.25, -0.2) is 9.59 Å². The predicted molar refractivity (Wildman–Crippen MR) is 116 cm³/mol. The molecule has 0 amide bonds. The van der Waals surface area contributed by atoms with E-state index >= 15 is 0 Å². The molecule has 12 heteroatoms. The van der Waals surface area contributed by atoms with Crippen molar-refractivity contribution in [3.63, 3.8) is 0 Å². The number of nitrogens with zero attached hydrogens (tertiary/aromatic N) is 1. The molecule has 1 atom stereocenters. The molecule has 34 heavy (non-hydrogen) atoms. The lowest BCUT2D eigenvalue weighted by molar-refractivity contribution is -0.384. The maximum absolute atomic E-state index is 12.3. The van der Waals surface area contributed by atoms with Crippen molar-refractivity contribution in [2.75, 3.05) is 13.2 Å². The van der Waals surface area contributed by atoms with Crippen molar-refractivity contribution < 1.29 is 43.0 Å². The third-order valence-electron chi connectivity index (χ3n) is 4.38. The molecule has 1 aromatic rings. The maximum Gasteiger partial charge on any atom is 0.513 e. The molecule has 0 fully saturated rings. The summed E-state index contributed by atoms with van der Waals surface area (Å²) in [6.07, 6.45) is -2.56. The van der Waals surface area contributed by atoms with Gasteiger partial charge >= 0.3 is 18.3 Å². The molecule has 0 saturated carbocycles. The Bertz CT molecular complexity index is 1030. The third-order valence-corrected chi connectivity index (χ3v) is 4.38. The highest BCUT2D eigenvalue weighted by molar-refractivity contribution is 5.66. The molecule has 1 aliphatic rings. The molecule has 0 bridgehead atoms. The van der Waals surface area contributed by atoms with Gasteiger partial charge in [0.15, 0.2) is 0 Å². The smallest absolute Gasteiger partial charge is 0.462 e. The predicted octanol–water partition coefficient (Wildman–Crippen LogP) is 4.02. The average Bonchev–Trinajstić information content (AvgIpc) is 2.74. The fraction of sp³-hybridized carbons (Fsp3) is 0.409. The van der Waals surface area contributed by atoms with Gasteiger partial charge in [-0.3, -0.25) is 14.9 Å². The standard InChI is InChI=1S/C22H26N2O10/c1-12(2)32-22(27)34-20-14(4)23-13(3)19(33-21(26)31-10-9-30-15(5)25)18(20)16-7-6-8-17(11-16)24(28)29/h6-8,11-12,18,23H,9-10H2,1-5H3. The van der Waals surface area contributed by atoms with Crippen LogP contribution in [-0.4, -0.2) is 42.5 Å². The van der Waals surface area contributed by atoms with E-state index < -0.39 is 35.2 Å². The van der Waals surface area contributed by atoms with Gasteiger partial charge in [0.05, 0.1) is 22.4 Å². The molecule has 1 N–H and O–H groups in total. The monoisotopic (exact) mass is 478 g/mol. The molecular weight excluding hydrogens is 452 g/mol. The molecule has 1 heterocycles. The first-order valence-electron chi connectivity index (χ1n) is 10.3. The summed E-state index contributed by atoms with van der Waals surface area (Å²) in [5, 5.41) is 14.3. The second-order valence-electron chi connectivity index (χ2n) is 7.45. The van der Waals surface area contributed by atoms with E-state index in [0.29, 0.717) is 17.0 Å². The van der Waals surface area contributed by atoms with Gasteiger partial charge in [0.25, 0.3) is 5.69 Å². The first kappa shape index (κ1) is 26.2. The summed E-state index contributed by atoms with van der Waals surface area (Å²) in [7, 11) is 0. The van der Waals surface area contributed by atoms with Gasteiger partial charge in [0.1, 0.15) is 30.6 Å². The van der Waals surface area contributed by atoms with Crippen LogP contribution in [-0.2, 0) is 28.5 Å². The molecule has 1 unspecified atom stereocenters. The molecule has 2 rings (SSSR count). The normalized spacial score (nSPS) is 15.4. The van der Waals surface area contributed by atoms with Gasteiger partial charge in [0, 0.05) is 19.1 Å².